The summed E-state index contributed by atoms with van der Waals surface area (Å²) in [5.74, 6) is 0. The van der Waals surface area contributed by atoms with Crippen LogP contribution in [-0.2, 0) is 14.3 Å². The molecule has 3 nitrogen and oxygen atoms in total. The highest BCUT2D eigenvalue weighted by molar-refractivity contribution is 5.48. The highest BCUT2D eigenvalue weighted by Crippen LogP contribution is 2.07. The molecule has 0 aromatic heterocycles. The van der Waals surface area contributed by atoms with Crippen molar-refractivity contribution in [1.82, 2.24) is 0 Å². The average molecular weight is 312 g/mol. The van der Waals surface area contributed by atoms with Crippen molar-refractivity contribution in [2.45, 2.75) is 90.4 Å². The number of rotatable bonds is 18. The topological polar surface area (TPSA) is 35.5 Å². The van der Waals surface area contributed by atoms with E-state index < -0.39 is 0 Å². The van der Waals surface area contributed by atoms with Gasteiger partial charge in [0.15, 0.2) is 6.79 Å². The molecule has 0 N–H and O–H groups in total. The second-order valence-corrected chi connectivity index (χ2v) is 5.84. The lowest BCUT2D eigenvalue weighted by molar-refractivity contribution is -0.107. The largest absolute Gasteiger partial charge is 0.475 e. The summed E-state index contributed by atoms with van der Waals surface area (Å²) in [6.07, 6.45) is 20.2. The number of aldehydes is 1. The van der Waals surface area contributed by atoms with Crippen LogP contribution in [0.5, 0.6) is 0 Å². The zero-order valence-electron chi connectivity index (χ0n) is 14.6. The molecule has 0 unspecified atom stereocenters. The molecule has 0 atom stereocenters. The van der Waals surface area contributed by atoms with Crippen molar-refractivity contribution >= 4 is 6.29 Å². The van der Waals surface area contributed by atoms with Gasteiger partial charge in [0.05, 0.1) is 12.9 Å². The molecule has 0 saturated carbocycles. The fourth-order valence-electron chi connectivity index (χ4n) is 2.29. The van der Waals surface area contributed by atoms with Crippen LogP contribution >= 0.6 is 0 Å². The third-order valence-electron chi connectivity index (χ3n) is 3.68. The van der Waals surface area contributed by atoms with Crippen LogP contribution in [0.4, 0.5) is 0 Å². The molecule has 130 valence electrons. The van der Waals surface area contributed by atoms with E-state index in [1.54, 1.807) is 6.26 Å². The molecule has 0 saturated heterocycles. The lowest BCUT2D eigenvalue weighted by Crippen LogP contribution is -1.98. The number of allylic oxidation sites excluding steroid dienone is 1. The molecule has 0 bridgehead atoms. The van der Waals surface area contributed by atoms with Gasteiger partial charge in [-0.3, -0.25) is 0 Å². The van der Waals surface area contributed by atoms with E-state index in [0.717, 1.165) is 45.0 Å². The molecule has 0 aliphatic heterocycles. The van der Waals surface area contributed by atoms with E-state index in [1.165, 1.54) is 44.9 Å². The first kappa shape index (κ1) is 21.2. The quantitative estimate of drug-likeness (QED) is 0.139. The molecule has 0 amide bonds. The minimum absolute atomic E-state index is 0.367. The highest BCUT2D eigenvalue weighted by atomic mass is 16.7. The average Bonchev–Trinajstić information content (AvgIpc) is 2.54. The summed E-state index contributed by atoms with van der Waals surface area (Å²) in [5, 5.41) is 0. The van der Waals surface area contributed by atoms with Crippen LogP contribution in [0.1, 0.15) is 90.4 Å². The molecule has 0 aromatic rings. The number of unbranched alkanes of at least 4 members (excludes halogenated alkanes) is 11. The molecule has 0 aliphatic rings. The number of carbonyl (C=O) groups is 1. The molecular weight excluding hydrogens is 276 g/mol. The molecule has 0 spiro atoms. The van der Waals surface area contributed by atoms with Crippen LogP contribution in [0.25, 0.3) is 0 Å². The second kappa shape index (κ2) is 20.2. The molecule has 22 heavy (non-hydrogen) atoms. The molecular formula is C19H36O3. The zero-order valence-corrected chi connectivity index (χ0v) is 14.6. The van der Waals surface area contributed by atoms with Crippen molar-refractivity contribution in [2.75, 3.05) is 13.4 Å². The van der Waals surface area contributed by atoms with Crippen molar-refractivity contribution < 1.29 is 14.3 Å². The summed E-state index contributed by atoms with van der Waals surface area (Å²) in [7, 11) is 0. The van der Waals surface area contributed by atoms with Crippen LogP contribution in [0, 0.1) is 0 Å². The third kappa shape index (κ3) is 19.2. The maximum absolute atomic E-state index is 10.1. The van der Waals surface area contributed by atoms with E-state index >= 15 is 0 Å². The van der Waals surface area contributed by atoms with Gasteiger partial charge >= 0.3 is 0 Å². The predicted molar refractivity (Wildman–Crippen MR) is 92.8 cm³/mol. The summed E-state index contributed by atoms with van der Waals surface area (Å²) in [5.41, 5.74) is 0. The minimum atomic E-state index is 0.367. The van der Waals surface area contributed by atoms with E-state index in [2.05, 4.69) is 13.0 Å². The Morgan fingerprint density at radius 1 is 0.773 bits per heavy atom. The van der Waals surface area contributed by atoms with Gasteiger partial charge in [-0.2, -0.15) is 0 Å². The van der Waals surface area contributed by atoms with Gasteiger partial charge in [0.25, 0.3) is 0 Å². The Labute approximate surface area is 137 Å². The lowest BCUT2D eigenvalue weighted by atomic mass is 10.1. The molecule has 0 aliphatic carbocycles. The Kier molecular flexibility index (Phi) is 19.4. The fourth-order valence-corrected chi connectivity index (χ4v) is 2.29. The van der Waals surface area contributed by atoms with Gasteiger partial charge in [-0.25, -0.2) is 0 Å². The normalized spacial score (nSPS) is 11.1. The maximum atomic E-state index is 10.1. The van der Waals surface area contributed by atoms with Crippen LogP contribution < -0.4 is 0 Å². The van der Waals surface area contributed by atoms with Crippen molar-refractivity contribution in [3.8, 4) is 0 Å². The smallest absolute Gasteiger partial charge is 0.188 e. The van der Waals surface area contributed by atoms with Crippen LogP contribution in [0.15, 0.2) is 12.3 Å². The number of carbonyl (C=O) groups excluding carboxylic acids is 1. The Morgan fingerprint density at radius 3 is 2.14 bits per heavy atom. The summed E-state index contributed by atoms with van der Waals surface area (Å²) in [6, 6.07) is 0. The number of hydrogen-bond acceptors (Lipinski definition) is 3. The predicted octanol–water partition coefficient (Wildman–Crippen LogP) is 5.78. The summed E-state index contributed by atoms with van der Waals surface area (Å²) in [6.45, 7) is 3.42. The summed E-state index contributed by atoms with van der Waals surface area (Å²) < 4.78 is 10.7. The Balaban J connectivity index is 3.03. The molecule has 0 radical (unpaired) electrons. The number of hydrogen-bond donors (Lipinski definition) is 0. The van der Waals surface area contributed by atoms with E-state index in [4.69, 9.17) is 9.47 Å². The minimum Gasteiger partial charge on any atom is -0.475 e. The molecule has 0 rings (SSSR count). The number of ether oxygens (including phenoxy) is 2. The van der Waals surface area contributed by atoms with Gasteiger partial charge in [0, 0.05) is 6.42 Å². The second-order valence-electron chi connectivity index (χ2n) is 5.84. The van der Waals surface area contributed by atoms with Crippen molar-refractivity contribution in [3.63, 3.8) is 0 Å². The third-order valence-corrected chi connectivity index (χ3v) is 3.68. The summed E-state index contributed by atoms with van der Waals surface area (Å²) >= 11 is 0. The first-order valence-electron chi connectivity index (χ1n) is 9.19. The van der Waals surface area contributed by atoms with Gasteiger partial charge in [-0.15, -0.1) is 0 Å². The standard InChI is InChI=1S/C19H36O3/c1-2-3-4-5-8-11-14-17-21-19-22-18-15-12-9-6-7-10-13-16-20/h15-16,18H,2-14,17,19H2,1H3. The van der Waals surface area contributed by atoms with E-state index in [9.17, 15) is 4.79 Å². The summed E-state index contributed by atoms with van der Waals surface area (Å²) in [4.78, 5) is 10.1. The monoisotopic (exact) mass is 312 g/mol. The lowest BCUT2D eigenvalue weighted by Gasteiger charge is -2.04. The zero-order chi connectivity index (χ0) is 16.1. The van der Waals surface area contributed by atoms with Crippen molar-refractivity contribution in [2.24, 2.45) is 0 Å². The van der Waals surface area contributed by atoms with Crippen LogP contribution in [-0.4, -0.2) is 19.7 Å². The maximum Gasteiger partial charge on any atom is 0.188 e. The van der Waals surface area contributed by atoms with Crippen LogP contribution in [0.3, 0.4) is 0 Å². The fraction of sp³-hybridized carbons (Fsp3) is 0.842. The van der Waals surface area contributed by atoms with Crippen LogP contribution in [0.2, 0.25) is 0 Å². The Hall–Kier alpha value is -0.830. The molecule has 0 heterocycles. The highest BCUT2D eigenvalue weighted by Gasteiger charge is 1.91. The van der Waals surface area contributed by atoms with Gasteiger partial charge in [-0.1, -0.05) is 58.3 Å². The van der Waals surface area contributed by atoms with Gasteiger partial charge in [0.1, 0.15) is 6.29 Å². The van der Waals surface area contributed by atoms with Gasteiger partial charge in [-0.05, 0) is 31.8 Å². The Morgan fingerprint density at radius 2 is 1.41 bits per heavy atom. The van der Waals surface area contributed by atoms with Gasteiger partial charge in [0.2, 0.25) is 0 Å². The van der Waals surface area contributed by atoms with E-state index in [0.29, 0.717) is 13.2 Å². The SMILES string of the molecule is CCCCCCCCCOCOC=CCCCCCCC=O. The molecule has 0 fully saturated rings. The first-order chi connectivity index (χ1) is 10.9. The van der Waals surface area contributed by atoms with Crippen molar-refractivity contribution in [3.05, 3.63) is 12.3 Å². The Bertz CT molecular complexity index is 239. The van der Waals surface area contributed by atoms with Crippen molar-refractivity contribution in [1.29, 1.82) is 0 Å². The van der Waals surface area contributed by atoms with E-state index in [1.807, 2.05) is 0 Å². The van der Waals surface area contributed by atoms with Gasteiger partial charge < -0.3 is 14.3 Å². The molecule has 0 aromatic carbocycles. The van der Waals surface area contributed by atoms with E-state index in [-0.39, 0.29) is 0 Å². The molecule has 3 heteroatoms. The first-order valence-corrected chi connectivity index (χ1v) is 9.19.